The molecule has 12 heavy (non-hydrogen) atoms. The van der Waals surface area contributed by atoms with Gasteiger partial charge in [0.1, 0.15) is 11.6 Å². The number of rotatable bonds is 2. The molecule has 1 aliphatic heterocycles. The summed E-state index contributed by atoms with van der Waals surface area (Å²) in [6.45, 7) is -0.000694. The molecule has 0 saturated carbocycles. The largest absolute Gasteiger partial charge is 0.480 e. The van der Waals surface area contributed by atoms with Gasteiger partial charge in [0, 0.05) is 13.0 Å². The molecule has 1 rings (SSSR count). The Balaban J connectivity index is 2.67. The number of carbonyl (C=O) groups is 2. The lowest BCUT2D eigenvalue weighted by atomic mass is 9.98. The first-order valence-electron chi connectivity index (χ1n) is 3.44. The third-order valence-corrected chi connectivity index (χ3v) is 1.96. The highest BCUT2D eigenvalue weighted by atomic mass is 16.4. The summed E-state index contributed by atoms with van der Waals surface area (Å²) in [4.78, 5) is 20.9. The lowest BCUT2D eigenvalue weighted by Gasteiger charge is -2.15. The van der Waals surface area contributed by atoms with Crippen LogP contribution in [0.2, 0.25) is 0 Å². The van der Waals surface area contributed by atoms with E-state index in [0.29, 0.717) is 0 Å². The first-order valence-corrected chi connectivity index (χ1v) is 3.44. The molecule has 0 bridgehead atoms. The first kappa shape index (κ1) is 8.95. The van der Waals surface area contributed by atoms with E-state index >= 15 is 0 Å². The average molecular weight is 174 g/mol. The number of hydrogen-bond acceptors (Lipinski definition) is 4. The Bertz CT molecular complexity index is 230. The molecule has 5 N–H and O–H groups in total. The monoisotopic (exact) mass is 174 g/mol. The Labute approximate surface area is 68.4 Å². The SMILES string of the molecule is NC1(C(=O)O)CN[C@H](C(=O)O)C1. The van der Waals surface area contributed by atoms with E-state index in [1.807, 2.05) is 0 Å². The van der Waals surface area contributed by atoms with Crippen LogP contribution in [0.5, 0.6) is 0 Å². The predicted octanol–water partition coefficient (Wildman–Crippen LogP) is -1.78. The topological polar surface area (TPSA) is 113 Å². The van der Waals surface area contributed by atoms with Gasteiger partial charge in [-0.3, -0.25) is 9.59 Å². The molecule has 0 spiro atoms. The summed E-state index contributed by atoms with van der Waals surface area (Å²) in [5, 5.41) is 19.7. The van der Waals surface area contributed by atoms with Crippen molar-refractivity contribution in [3.63, 3.8) is 0 Å². The molecule has 0 aromatic heterocycles. The van der Waals surface area contributed by atoms with Crippen LogP contribution in [-0.2, 0) is 9.59 Å². The molecule has 0 aromatic rings. The zero-order valence-corrected chi connectivity index (χ0v) is 6.28. The Morgan fingerprint density at radius 2 is 2.08 bits per heavy atom. The molecular formula is C6H10N2O4. The van der Waals surface area contributed by atoms with Gasteiger partial charge in [0.2, 0.25) is 0 Å². The van der Waals surface area contributed by atoms with Crippen LogP contribution in [0.1, 0.15) is 6.42 Å². The predicted molar refractivity (Wildman–Crippen MR) is 38.6 cm³/mol. The van der Waals surface area contributed by atoms with Crippen LogP contribution >= 0.6 is 0 Å². The summed E-state index contributed by atoms with van der Waals surface area (Å²) in [5.41, 5.74) is 3.98. The molecule has 1 saturated heterocycles. The van der Waals surface area contributed by atoms with Crippen LogP contribution in [-0.4, -0.2) is 40.3 Å². The molecule has 1 unspecified atom stereocenters. The minimum absolute atomic E-state index is 0.000694. The van der Waals surface area contributed by atoms with E-state index in [-0.39, 0.29) is 13.0 Å². The van der Waals surface area contributed by atoms with Crippen LogP contribution in [0.4, 0.5) is 0 Å². The van der Waals surface area contributed by atoms with Gasteiger partial charge in [0.15, 0.2) is 0 Å². The van der Waals surface area contributed by atoms with Crippen molar-refractivity contribution in [2.75, 3.05) is 6.54 Å². The summed E-state index contributed by atoms with van der Waals surface area (Å²) in [5.74, 6) is -2.23. The van der Waals surface area contributed by atoms with Crippen LogP contribution in [0.15, 0.2) is 0 Å². The molecule has 0 aromatic carbocycles. The molecular weight excluding hydrogens is 164 g/mol. The molecule has 0 aliphatic carbocycles. The standard InChI is InChI=1S/C6H10N2O4/c7-6(5(11)12)1-3(4(9)10)8-2-6/h3,8H,1-2,7H2,(H,9,10)(H,11,12)/t3-,6?/m0/s1. The van der Waals surface area contributed by atoms with Gasteiger partial charge in [-0.15, -0.1) is 0 Å². The van der Waals surface area contributed by atoms with Crippen molar-refractivity contribution in [3.05, 3.63) is 0 Å². The van der Waals surface area contributed by atoms with Gasteiger partial charge in [-0.05, 0) is 0 Å². The fourth-order valence-corrected chi connectivity index (χ4v) is 1.15. The number of nitrogens with one attached hydrogen (secondary N) is 1. The molecule has 6 nitrogen and oxygen atoms in total. The van der Waals surface area contributed by atoms with E-state index in [1.54, 1.807) is 0 Å². The number of hydrogen-bond donors (Lipinski definition) is 4. The normalized spacial score (nSPS) is 34.9. The zero-order chi connectivity index (χ0) is 9.35. The van der Waals surface area contributed by atoms with E-state index in [0.717, 1.165) is 0 Å². The Hall–Kier alpha value is -1.14. The van der Waals surface area contributed by atoms with Crippen molar-refractivity contribution >= 4 is 11.9 Å². The lowest BCUT2D eigenvalue weighted by molar-refractivity contribution is -0.142. The van der Waals surface area contributed by atoms with Crippen molar-refractivity contribution < 1.29 is 19.8 Å². The van der Waals surface area contributed by atoms with E-state index in [4.69, 9.17) is 15.9 Å². The molecule has 0 amide bonds. The van der Waals surface area contributed by atoms with Crippen molar-refractivity contribution in [2.45, 2.75) is 18.0 Å². The van der Waals surface area contributed by atoms with E-state index in [9.17, 15) is 9.59 Å². The lowest BCUT2D eigenvalue weighted by Crippen LogP contribution is -2.49. The van der Waals surface area contributed by atoms with Gasteiger partial charge in [-0.1, -0.05) is 0 Å². The third-order valence-electron chi connectivity index (χ3n) is 1.96. The fraction of sp³-hybridized carbons (Fsp3) is 0.667. The van der Waals surface area contributed by atoms with E-state index in [2.05, 4.69) is 5.32 Å². The highest BCUT2D eigenvalue weighted by Gasteiger charge is 2.44. The highest BCUT2D eigenvalue weighted by Crippen LogP contribution is 2.16. The Kier molecular flexibility index (Phi) is 2.03. The number of carboxylic acid groups (broad SMARTS) is 2. The summed E-state index contributed by atoms with van der Waals surface area (Å²) in [6.07, 6.45) is -0.0718. The number of nitrogens with two attached hydrogens (primary N) is 1. The van der Waals surface area contributed by atoms with Crippen molar-refractivity contribution in [2.24, 2.45) is 5.73 Å². The Morgan fingerprint density at radius 1 is 1.50 bits per heavy atom. The smallest absolute Gasteiger partial charge is 0.325 e. The zero-order valence-electron chi connectivity index (χ0n) is 6.28. The molecule has 0 radical (unpaired) electrons. The van der Waals surface area contributed by atoms with Gasteiger partial charge in [0.05, 0.1) is 0 Å². The molecule has 2 atom stereocenters. The maximum absolute atomic E-state index is 10.5. The van der Waals surface area contributed by atoms with Crippen molar-refractivity contribution in [1.29, 1.82) is 0 Å². The molecule has 1 fully saturated rings. The second-order valence-corrected chi connectivity index (χ2v) is 2.94. The van der Waals surface area contributed by atoms with Crippen LogP contribution in [0.3, 0.4) is 0 Å². The van der Waals surface area contributed by atoms with Gasteiger partial charge < -0.3 is 21.3 Å². The first-order chi connectivity index (χ1) is 5.46. The summed E-state index contributed by atoms with van der Waals surface area (Å²) >= 11 is 0. The van der Waals surface area contributed by atoms with Gasteiger partial charge >= 0.3 is 11.9 Å². The molecule has 68 valence electrons. The summed E-state index contributed by atoms with van der Waals surface area (Å²) in [6, 6.07) is -0.842. The van der Waals surface area contributed by atoms with Crippen LogP contribution < -0.4 is 11.1 Å². The second-order valence-electron chi connectivity index (χ2n) is 2.94. The Morgan fingerprint density at radius 3 is 2.33 bits per heavy atom. The summed E-state index contributed by atoms with van der Waals surface area (Å²) < 4.78 is 0. The maximum Gasteiger partial charge on any atom is 0.325 e. The molecule has 1 aliphatic rings. The van der Waals surface area contributed by atoms with Gasteiger partial charge in [-0.2, -0.15) is 0 Å². The molecule has 6 heteroatoms. The van der Waals surface area contributed by atoms with Gasteiger partial charge in [0.25, 0.3) is 0 Å². The minimum Gasteiger partial charge on any atom is -0.480 e. The van der Waals surface area contributed by atoms with Gasteiger partial charge in [-0.25, -0.2) is 0 Å². The summed E-state index contributed by atoms with van der Waals surface area (Å²) in [7, 11) is 0. The minimum atomic E-state index is -1.43. The van der Waals surface area contributed by atoms with Crippen molar-refractivity contribution in [1.82, 2.24) is 5.32 Å². The van der Waals surface area contributed by atoms with E-state index < -0.39 is 23.5 Å². The molecule has 1 heterocycles. The van der Waals surface area contributed by atoms with Crippen LogP contribution in [0, 0.1) is 0 Å². The van der Waals surface area contributed by atoms with E-state index in [1.165, 1.54) is 0 Å². The quantitative estimate of drug-likeness (QED) is 0.393. The number of aliphatic carboxylic acids is 2. The highest BCUT2D eigenvalue weighted by molar-refractivity contribution is 5.83. The maximum atomic E-state index is 10.5. The van der Waals surface area contributed by atoms with Crippen molar-refractivity contribution in [3.8, 4) is 0 Å². The second kappa shape index (κ2) is 2.72. The van der Waals surface area contributed by atoms with Crippen LogP contribution in [0.25, 0.3) is 0 Å². The number of carboxylic acids is 2. The fourth-order valence-electron chi connectivity index (χ4n) is 1.15. The third kappa shape index (κ3) is 1.39. The average Bonchev–Trinajstić information content (AvgIpc) is 2.33.